The first-order chi connectivity index (χ1) is 8.21. The summed E-state index contributed by atoms with van der Waals surface area (Å²) >= 11 is 0. The summed E-state index contributed by atoms with van der Waals surface area (Å²) in [5, 5.41) is 2.36. The molecular formula is C11H21NO5. The van der Waals surface area contributed by atoms with Crippen LogP contribution >= 0.6 is 0 Å². The Hall–Kier alpha value is -1.30. The van der Waals surface area contributed by atoms with Gasteiger partial charge in [-0.1, -0.05) is 0 Å². The molecule has 0 bridgehead atoms. The van der Waals surface area contributed by atoms with Crippen molar-refractivity contribution in [2.45, 2.75) is 45.4 Å². The molecule has 1 amide bonds. The average molecular weight is 248 g/mol. The lowest BCUT2D eigenvalue weighted by atomic mass is 10.2. The van der Waals surface area contributed by atoms with E-state index in [1.807, 2.05) is 0 Å². The highest BCUT2D eigenvalue weighted by Gasteiger charge is 2.29. The van der Waals surface area contributed by atoms with E-state index >= 15 is 0 Å². The number of hydrogen-bond acceptors (Lipinski definition) is 5. The maximum absolute atomic E-state index is 11.6. The van der Waals surface area contributed by atoms with E-state index in [0.717, 1.165) is 0 Å². The Labute approximate surface area is 103 Å². The van der Waals surface area contributed by atoms with E-state index < -0.39 is 29.8 Å². The predicted octanol–water partition coefficient (Wildman–Crippen LogP) is 1.09. The molecular weight excluding hydrogens is 226 g/mol. The molecule has 0 fully saturated rings. The molecule has 6 heteroatoms. The third kappa shape index (κ3) is 6.11. The molecule has 100 valence electrons. The SMILES string of the molecule is [2H]CO[C@@H](C)[C@H](NC(=O)OC(C)(C)C)C(=O)OC. The number of carbonyl (C=O) groups excluding carboxylic acids is 2. The highest BCUT2D eigenvalue weighted by molar-refractivity contribution is 5.81. The van der Waals surface area contributed by atoms with Gasteiger partial charge in [0, 0.05) is 7.09 Å². The van der Waals surface area contributed by atoms with Gasteiger partial charge in [-0.15, -0.1) is 0 Å². The van der Waals surface area contributed by atoms with Crippen LogP contribution in [0.4, 0.5) is 4.79 Å². The molecule has 0 spiro atoms. The zero-order valence-corrected chi connectivity index (χ0v) is 10.9. The Bertz CT molecular complexity index is 290. The van der Waals surface area contributed by atoms with Crippen LogP contribution in [0.15, 0.2) is 0 Å². The number of methoxy groups -OCH3 is 2. The molecule has 0 heterocycles. The van der Waals surface area contributed by atoms with Crippen molar-refractivity contribution in [2.75, 3.05) is 14.2 Å². The van der Waals surface area contributed by atoms with Gasteiger partial charge >= 0.3 is 12.1 Å². The molecule has 0 aromatic heterocycles. The highest BCUT2D eigenvalue weighted by Crippen LogP contribution is 2.08. The minimum Gasteiger partial charge on any atom is -0.467 e. The van der Waals surface area contributed by atoms with Crippen molar-refractivity contribution in [3.05, 3.63) is 0 Å². The van der Waals surface area contributed by atoms with Gasteiger partial charge in [-0.05, 0) is 27.7 Å². The topological polar surface area (TPSA) is 73.9 Å². The molecule has 0 saturated carbocycles. The normalized spacial score (nSPS) is 15.5. The lowest BCUT2D eigenvalue weighted by Crippen LogP contribution is -2.50. The molecule has 0 aromatic rings. The highest BCUT2D eigenvalue weighted by atomic mass is 16.6. The average Bonchev–Trinajstić information content (AvgIpc) is 2.22. The molecule has 0 radical (unpaired) electrons. The summed E-state index contributed by atoms with van der Waals surface area (Å²) in [7, 11) is 0.893. The second-order valence-electron chi connectivity index (χ2n) is 4.52. The number of esters is 1. The van der Waals surface area contributed by atoms with Gasteiger partial charge in [0.15, 0.2) is 6.04 Å². The van der Waals surface area contributed by atoms with Crippen molar-refractivity contribution in [1.82, 2.24) is 5.32 Å². The van der Waals surface area contributed by atoms with E-state index in [1.54, 1.807) is 27.7 Å². The molecule has 6 nitrogen and oxygen atoms in total. The fraction of sp³-hybridized carbons (Fsp3) is 0.818. The van der Waals surface area contributed by atoms with E-state index in [0.29, 0.717) is 0 Å². The van der Waals surface area contributed by atoms with Crippen molar-refractivity contribution in [3.8, 4) is 0 Å². The number of carbonyl (C=O) groups is 2. The van der Waals surface area contributed by atoms with Crippen LogP contribution in [0.3, 0.4) is 0 Å². The first-order valence-electron chi connectivity index (χ1n) is 5.90. The van der Waals surface area contributed by atoms with Crippen LogP contribution in [0.5, 0.6) is 0 Å². The fourth-order valence-electron chi connectivity index (χ4n) is 1.03. The Morgan fingerprint density at radius 3 is 2.35 bits per heavy atom. The summed E-state index contributed by atoms with van der Waals surface area (Å²) in [5.41, 5.74) is -0.662. The summed E-state index contributed by atoms with van der Waals surface area (Å²) in [6.45, 7) is 6.70. The number of rotatable bonds is 4. The van der Waals surface area contributed by atoms with Gasteiger partial charge in [0.1, 0.15) is 5.60 Å². The predicted molar refractivity (Wildman–Crippen MR) is 61.6 cm³/mol. The maximum atomic E-state index is 11.6. The van der Waals surface area contributed by atoms with Crippen LogP contribution < -0.4 is 5.32 Å². The maximum Gasteiger partial charge on any atom is 0.408 e. The summed E-state index contributed by atoms with van der Waals surface area (Å²) in [6.07, 6.45) is -1.42. The van der Waals surface area contributed by atoms with Gasteiger partial charge in [-0.2, -0.15) is 0 Å². The van der Waals surface area contributed by atoms with Crippen molar-refractivity contribution in [2.24, 2.45) is 0 Å². The van der Waals surface area contributed by atoms with Crippen molar-refractivity contribution < 1.29 is 25.2 Å². The molecule has 1 N–H and O–H groups in total. The zero-order valence-electron chi connectivity index (χ0n) is 11.9. The Morgan fingerprint density at radius 2 is 1.94 bits per heavy atom. The lowest BCUT2D eigenvalue weighted by molar-refractivity contribution is -0.146. The first kappa shape index (κ1) is 13.8. The van der Waals surface area contributed by atoms with Crippen molar-refractivity contribution >= 4 is 12.1 Å². The molecule has 0 aliphatic heterocycles. The van der Waals surface area contributed by atoms with E-state index in [4.69, 9.17) is 10.8 Å². The standard InChI is InChI=1S/C11H21NO5/c1-7(15-5)8(9(13)16-6)12-10(14)17-11(2,3)4/h7-8H,1-6H3,(H,12,14)/t7-,8-/m0/s1/i5D. The van der Waals surface area contributed by atoms with E-state index in [2.05, 4.69) is 10.1 Å². The largest absolute Gasteiger partial charge is 0.467 e. The second kappa shape index (κ2) is 6.44. The van der Waals surface area contributed by atoms with Crippen LogP contribution in [-0.4, -0.2) is 44.0 Å². The first-order valence-corrected chi connectivity index (χ1v) is 5.19. The third-order valence-electron chi connectivity index (χ3n) is 1.86. The fourth-order valence-corrected chi connectivity index (χ4v) is 1.03. The van der Waals surface area contributed by atoms with Crippen molar-refractivity contribution in [1.29, 1.82) is 0 Å². The summed E-state index contributed by atoms with van der Waals surface area (Å²) in [5.74, 6) is -0.651. The number of amides is 1. The Balaban J connectivity index is 4.59. The van der Waals surface area contributed by atoms with Crippen LogP contribution in [0.1, 0.15) is 29.1 Å². The number of nitrogens with one attached hydrogen (secondary N) is 1. The van der Waals surface area contributed by atoms with Crippen molar-refractivity contribution in [3.63, 3.8) is 0 Å². The zero-order chi connectivity index (χ0) is 14.3. The number of alkyl carbamates (subject to hydrolysis) is 1. The minimum absolute atomic E-state index is 0.315. The van der Waals surface area contributed by atoms with Gasteiger partial charge in [-0.25, -0.2) is 9.59 Å². The molecule has 0 aromatic carbocycles. The van der Waals surface area contributed by atoms with Gasteiger partial charge in [0.05, 0.1) is 14.6 Å². The van der Waals surface area contributed by atoms with Gasteiger partial charge in [-0.3, -0.25) is 0 Å². The summed E-state index contributed by atoms with van der Waals surface area (Å²) in [6, 6.07) is -1.00. The van der Waals surface area contributed by atoms with Crippen LogP contribution in [-0.2, 0) is 19.0 Å². The van der Waals surface area contributed by atoms with E-state index in [1.165, 1.54) is 7.11 Å². The molecule has 0 aliphatic carbocycles. The molecule has 0 rings (SSSR count). The quantitative estimate of drug-likeness (QED) is 0.754. The minimum atomic E-state index is -1.00. The van der Waals surface area contributed by atoms with Crippen LogP contribution in [0.25, 0.3) is 0 Å². The van der Waals surface area contributed by atoms with E-state index in [-0.39, 0.29) is 7.09 Å². The number of ether oxygens (including phenoxy) is 3. The summed E-state index contributed by atoms with van der Waals surface area (Å²) < 4.78 is 21.5. The monoisotopic (exact) mass is 248 g/mol. The van der Waals surface area contributed by atoms with E-state index in [9.17, 15) is 9.59 Å². The molecule has 0 saturated heterocycles. The van der Waals surface area contributed by atoms with Gasteiger partial charge in [0.25, 0.3) is 0 Å². The van der Waals surface area contributed by atoms with Gasteiger partial charge < -0.3 is 19.5 Å². The molecule has 0 aliphatic rings. The molecule has 0 unspecified atom stereocenters. The van der Waals surface area contributed by atoms with Crippen LogP contribution in [0, 0.1) is 0 Å². The Morgan fingerprint density at radius 1 is 1.35 bits per heavy atom. The molecule has 2 atom stereocenters. The van der Waals surface area contributed by atoms with Crippen LogP contribution in [0.2, 0.25) is 0 Å². The smallest absolute Gasteiger partial charge is 0.408 e. The van der Waals surface area contributed by atoms with Gasteiger partial charge in [0.2, 0.25) is 0 Å². The second-order valence-corrected chi connectivity index (χ2v) is 4.52. The molecule has 17 heavy (non-hydrogen) atoms. The number of hydrogen-bond donors (Lipinski definition) is 1. The lowest BCUT2D eigenvalue weighted by Gasteiger charge is -2.25. The third-order valence-corrected chi connectivity index (χ3v) is 1.86. The Kier molecular flexibility index (Phi) is 5.21. The summed E-state index contributed by atoms with van der Waals surface area (Å²) in [4.78, 5) is 23.1.